The predicted molar refractivity (Wildman–Crippen MR) is 97.8 cm³/mol. The van der Waals surface area contributed by atoms with Gasteiger partial charge in [-0.1, -0.05) is 6.92 Å². The van der Waals surface area contributed by atoms with E-state index in [1.165, 1.54) is 7.11 Å². The van der Waals surface area contributed by atoms with Gasteiger partial charge in [-0.3, -0.25) is 4.79 Å². The maximum absolute atomic E-state index is 11.8. The van der Waals surface area contributed by atoms with E-state index in [9.17, 15) is 14.4 Å². The average Bonchev–Trinajstić information content (AvgIpc) is 2.45. The number of carbonyl (C=O) groups is 3. The SMILES string of the molecule is COC(=O)[C@@H](C)CC(CNC(=O)OC(C)(C)C)CNC(=O)OC(C)(C)C. The fourth-order valence-corrected chi connectivity index (χ4v) is 2.12. The summed E-state index contributed by atoms with van der Waals surface area (Å²) < 4.78 is 15.1. The Balaban J connectivity index is 4.71. The molecule has 0 aliphatic heterocycles. The van der Waals surface area contributed by atoms with Gasteiger partial charge in [-0.05, 0) is 53.9 Å². The molecule has 0 unspecified atom stereocenters. The van der Waals surface area contributed by atoms with Crippen LogP contribution in [0.5, 0.6) is 0 Å². The molecular weight excluding hydrogens is 340 g/mol. The third-order valence-corrected chi connectivity index (χ3v) is 3.16. The lowest BCUT2D eigenvalue weighted by molar-refractivity contribution is -0.145. The molecule has 26 heavy (non-hydrogen) atoms. The van der Waals surface area contributed by atoms with Gasteiger partial charge in [-0.25, -0.2) is 9.59 Å². The summed E-state index contributed by atoms with van der Waals surface area (Å²) in [5.74, 6) is -0.903. The highest BCUT2D eigenvalue weighted by atomic mass is 16.6. The highest BCUT2D eigenvalue weighted by Crippen LogP contribution is 2.14. The van der Waals surface area contributed by atoms with Crippen LogP contribution in [0.3, 0.4) is 0 Å². The summed E-state index contributed by atoms with van der Waals surface area (Å²) in [6, 6.07) is 0. The first-order valence-corrected chi connectivity index (χ1v) is 8.75. The zero-order valence-electron chi connectivity index (χ0n) is 17.2. The van der Waals surface area contributed by atoms with Crippen molar-refractivity contribution in [1.29, 1.82) is 0 Å². The van der Waals surface area contributed by atoms with E-state index in [1.54, 1.807) is 48.5 Å². The van der Waals surface area contributed by atoms with Gasteiger partial charge in [0.1, 0.15) is 11.2 Å². The van der Waals surface area contributed by atoms with Crippen LogP contribution in [0.15, 0.2) is 0 Å². The molecule has 2 amide bonds. The standard InChI is InChI=1S/C18H34N2O6/c1-12(14(21)24-8)9-13(10-19-15(22)25-17(2,3)4)11-20-16(23)26-18(5,6)7/h12-13H,9-11H2,1-8H3,(H,19,22)(H,20,23)/t12-/m0/s1. The maximum Gasteiger partial charge on any atom is 0.407 e. The molecule has 8 nitrogen and oxygen atoms in total. The minimum Gasteiger partial charge on any atom is -0.469 e. The van der Waals surface area contributed by atoms with Crippen LogP contribution in [-0.2, 0) is 19.0 Å². The number of ether oxygens (including phenoxy) is 3. The molecule has 1 atom stereocenters. The van der Waals surface area contributed by atoms with Crippen molar-refractivity contribution in [3.05, 3.63) is 0 Å². The molecule has 0 saturated heterocycles. The lowest BCUT2D eigenvalue weighted by Crippen LogP contribution is -2.41. The first kappa shape index (κ1) is 24.0. The van der Waals surface area contributed by atoms with Crippen molar-refractivity contribution >= 4 is 18.2 Å². The van der Waals surface area contributed by atoms with Gasteiger partial charge in [-0.2, -0.15) is 0 Å². The summed E-state index contributed by atoms with van der Waals surface area (Å²) in [7, 11) is 1.33. The van der Waals surface area contributed by atoms with E-state index in [4.69, 9.17) is 14.2 Å². The van der Waals surface area contributed by atoms with Crippen LogP contribution in [0.4, 0.5) is 9.59 Å². The number of hydrogen-bond donors (Lipinski definition) is 2. The number of alkyl carbamates (subject to hydrolysis) is 2. The molecule has 2 N–H and O–H groups in total. The molecule has 0 radical (unpaired) electrons. The number of amides is 2. The molecule has 8 heteroatoms. The molecule has 0 saturated carbocycles. The fraction of sp³-hybridized carbons (Fsp3) is 0.833. The van der Waals surface area contributed by atoms with Crippen LogP contribution < -0.4 is 10.6 Å². The van der Waals surface area contributed by atoms with Crippen LogP contribution in [-0.4, -0.2) is 49.6 Å². The maximum atomic E-state index is 11.8. The Morgan fingerprint density at radius 1 is 0.846 bits per heavy atom. The van der Waals surface area contributed by atoms with Gasteiger partial charge in [0.15, 0.2) is 0 Å². The molecule has 0 spiro atoms. The Morgan fingerprint density at radius 3 is 1.54 bits per heavy atom. The van der Waals surface area contributed by atoms with Gasteiger partial charge in [0.2, 0.25) is 0 Å². The molecule has 0 aromatic carbocycles. The second-order valence-electron chi connectivity index (χ2n) is 8.29. The van der Waals surface area contributed by atoms with Crippen molar-refractivity contribution in [3.63, 3.8) is 0 Å². The van der Waals surface area contributed by atoms with Gasteiger partial charge in [0, 0.05) is 13.1 Å². The normalized spacial score (nSPS) is 13.0. The summed E-state index contributed by atoms with van der Waals surface area (Å²) >= 11 is 0. The van der Waals surface area contributed by atoms with Crippen molar-refractivity contribution in [2.45, 2.75) is 66.1 Å². The largest absolute Gasteiger partial charge is 0.469 e. The van der Waals surface area contributed by atoms with Gasteiger partial charge in [0.05, 0.1) is 13.0 Å². The minimum absolute atomic E-state index is 0.191. The number of hydrogen-bond acceptors (Lipinski definition) is 6. The second-order valence-corrected chi connectivity index (χ2v) is 8.29. The van der Waals surface area contributed by atoms with Crippen LogP contribution in [0, 0.1) is 11.8 Å². The quantitative estimate of drug-likeness (QED) is 0.525. The van der Waals surface area contributed by atoms with E-state index < -0.39 is 23.4 Å². The van der Waals surface area contributed by atoms with Crippen LogP contribution >= 0.6 is 0 Å². The lowest BCUT2D eigenvalue weighted by atomic mass is 9.95. The molecule has 0 aromatic rings. The van der Waals surface area contributed by atoms with E-state index in [1.807, 2.05) is 0 Å². The topological polar surface area (TPSA) is 103 Å². The molecule has 0 aliphatic rings. The number of esters is 1. The summed E-state index contributed by atoms with van der Waals surface area (Å²) in [5, 5.41) is 5.34. The number of nitrogens with one attached hydrogen (secondary N) is 2. The van der Waals surface area contributed by atoms with E-state index in [0.29, 0.717) is 6.42 Å². The highest BCUT2D eigenvalue weighted by Gasteiger charge is 2.23. The van der Waals surface area contributed by atoms with Crippen molar-refractivity contribution in [2.24, 2.45) is 11.8 Å². The molecule has 0 aliphatic carbocycles. The Kier molecular flexibility index (Phi) is 9.45. The zero-order valence-corrected chi connectivity index (χ0v) is 17.2. The van der Waals surface area contributed by atoms with Gasteiger partial charge < -0.3 is 24.8 Å². The summed E-state index contributed by atoms with van der Waals surface area (Å²) in [6.07, 6.45) is -0.672. The molecule has 152 valence electrons. The number of carbonyl (C=O) groups excluding carboxylic acids is 3. The van der Waals surface area contributed by atoms with Crippen LogP contribution in [0.25, 0.3) is 0 Å². The van der Waals surface area contributed by atoms with Gasteiger partial charge in [0.25, 0.3) is 0 Å². The Labute approximate surface area is 156 Å². The van der Waals surface area contributed by atoms with Crippen molar-refractivity contribution in [2.75, 3.05) is 20.2 Å². The Bertz CT molecular complexity index is 447. The monoisotopic (exact) mass is 374 g/mol. The highest BCUT2D eigenvalue weighted by molar-refractivity contribution is 5.72. The zero-order chi connectivity index (χ0) is 20.5. The Morgan fingerprint density at radius 2 is 1.23 bits per heavy atom. The molecule has 0 fully saturated rings. The van der Waals surface area contributed by atoms with Crippen LogP contribution in [0.1, 0.15) is 54.9 Å². The lowest BCUT2D eigenvalue weighted by Gasteiger charge is -2.24. The average molecular weight is 374 g/mol. The molecule has 0 bridgehead atoms. The van der Waals surface area contributed by atoms with Crippen molar-refractivity contribution in [3.8, 4) is 0 Å². The molecule has 0 aromatic heterocycles. The first-order chi connectivity index (χ1) is 11.7. The van der Waals surface area contributed by atoms with E-state index >= 15 is 0 Å². The summed E-state index contributed by atoms with van der Waals surface area (Å²) in [4.78, 5) is 35.3. The minimum atomic E-state index is -0.604. The fourth-order valence-electron chi connectivity index (χ4n) is 2.12. The van der Waals surface area contributed by atoms with E-state index in [0.717, 1.165) is 0 Å². The second kappa shape index (κ2) is 10.2. The van der Waals surface area contributed by atoms with Crippen molar-refractivity contribution < 1.29 is 28.6 Å². The summed E-state index contributed by atoms with van der Waals surface area (Å²) in [6.45, 7) is 12.8. The van der Waals surface area contributed by atoms with E-state index in [-0.39, 0.29) is 30.9 Å². The van der Waals surface area contributed by atoms with E-state index in [2.05, 4.69) is 10.6 Å². The first-order valence-electron chi connectivity index (χ1n) is 8.75. The number of rotatable bonds is 7. The van der Waals surface area contributed by atoms with Crippen molar-refractivity contribution in [1.82, 2.24) is 10.6 Å². The molecule has 0 heterocycles. The summed E-state index contributed by atoms with van der Waals surface area (Å²) in [5.41, 5.74) is -1.21. The third kappa shape index (κ3) is 12.4. The van der Waals surface area contributed by atoms with Crippen LogP contribution in [0.2, 0.25) is 0 Å². The predicted octanol–water partition coefficient (Wildman–Crippen LogP) is 2.85. The smallest absolute Gasteiger partial charge is 0.407 e. The Hall–Kier alpha value is -1.99. The third-order valence-electron chi connectivity index (χ3n) is 3.16. The molecular formula is C18H34N2O6. The molecule has 0 rings (SSSR count). The van der Waals surface area contributed by atoms with Gasteiger partial charge in [-0.15, -0.1) is 0 Å². The van der Waals surface area contributed by atoms with Gasteiger partial charge >= 0.3 is 18.2 Å². The number of methoxy groups -OCH3 is 1.